The quantitative estimate of drug-likeness (QED) is 0.727. The van der Waals surface area contributed by atoms with E-state index < -0.39 is 0 Å². The Morgan fingerprint density at radius 2 is 1.81 bits per heavy atom. The third-order valence-corrected chi connectivity index (χ3v) is 2.43. The summed E-state index contributed by atoms with van der Waals surface area (Å²) in [5, 5.41) is 8.20. The van der Waals surface area contributed by atoms with Crippen LogP contribution in [0.3, 0.4) is 0 Å². The molecule has 0 unspecified atom stereocenters. The Labute approximate surface area is 95.7 Å². The van der Waals surface area contributed by atoms with Crippen molar-refractivity contribution < 1.29 is 0 Å². The molecule has 1 aromatic carbocycles. The van der Waals surface area contributed by atoms with E-state index in [0.717, 1.165) is 23.4 Å². The minimum Gasteiger partial charge on any atom is -0.155 e. The molecule has 0 aliphatic rings. The molecule has 16 heavy (non-hydrogen) atoms. The smallest absolute Gasteiger partial charge is 0.0929 e. The van der Waals surface area contributed by atoms with Crippen molar-refractivity contribution in [2.45, 2.75) is 13.3 Å². The van der Waals surface area contributed by atoms with Gasteiger partial charge in [-0.1, -0.05) is 30.3 Å². The molecular weight excluding hydrogens is 196 g/mol. The predicted molar refractivity (Wildman–Crippen MR) is 66.1 cm³/mol. The molecule has 0 amide bonds. The second kappa shape index (κ2) is 4.71. The van der Waals surface area contributed by atoms with Crippen LogP contribution in [0, 0.1) is 6.92 Å². The monoisotopic (exact) mass is 210 g/mol. The number of aromatic nitrogens is 2. The first kappa shape index (κ1) is 10.6. The first-order valence-corrected chi connectivity index (χ1v) is 5.30. The fraction of sp³-hybridized carbons (Fsp3) is 0.143. The van der Waals surface area contributed by atoms with Gasteiger partial charge in [-0.15, -0.1) is 6.58 Å². The van der Waals surface area contributed by atoms with E-state index >= 15 is 0 Å². The van der Waals surface area contributed by atoms with Gasteiger partial charge < -0.3 is 0 Å². The molecular formula is C14H14N2. The third kappa shape index (κ3) is 2.34. The zero-order valence-electron chi connectivity index (χ0n) is 9.35. The Hall–Kier alpha value is -1.96. The van der Waals surface area contributed by atoms with Crippen LogP contribution in [0.15, 0.2) is 49.1 Å². The maximum Gasteiger partial charge on any atom is 0.0929 e. The molecule has 0 spiro atoms. The zero-order chi connectivity index (χ0) is 11.4. The summed E-state index contributed by atoms with van der Waals surface area (Å²) < 4.78 is 0. The zero-order valence-corrected chi connectivity index (χ0v) is 9.35. The third-order valence-electron chi connectivity index (χ3n) is 2.43. The van der Waals surface area contributed by atoms with Crippen LogP contribution in [0.2, 0.25) is 0 Å². The minimum absolute atomic E-state index is 0.903. The first-order chi connectivity index (χ1) is 7.79. The van der Waals surface area contributed by atoms with Gasteiger partial charge in [0, 0.05) is 5.56 Å². The van der Waals surface area contributed by atoms with Crippen molar-refractivity contribution in [2.24, 2.45) is 0 Å². The Morgan fingerprint density at radius 1 is 1.06 bits per heavy atom. The molecule has 0 saturated heterocycles. The average molecular weight is 210 g/mol. The van der Waals surface area contributed by atoms with Gasteiger partial charge in [0.2, 0.25) is 0 Å². The lowest BCUT2D eigenvalue weighted by Gasteiger charge is -2.01. The number of hydrogen-bond donors (Lipinski definition) is 0. The molecule has 1 heterocycles. The van der Waals surface area contributed by atoms with Gasteiger partial charge in [0.1, 0.15) is 0 Å². The number of allylic oxidation sites excluding steroid dienone is 1. The van der Waals surface area contributed by atoms with E-state index in [9.17, 15) is 0 Å². The summed E-state index contributed by atoms with van der Waals surface area (Å²) >= 11 is 0. The number of nitrogens with zero attached hydrogens (tertiary/aromatic N) is 2. The van der Waals surface area contributed by atoms with Crippen LogP contribution in [0.1, 0.15) is 11.3 Å². The lowest BCUT2D eigenvalue weighted by Crippen LogP contribution is -1.89. The fourth-order valence-electron chi connectivity index (χ4n) is 1.53. The van der Waals surface area contributed by atoms with E-state index in [2.05, 4.69) is 41.0 Å². The van der Waals surface area contributed by atoms with Crippen molar-refractivity contribution in [3.8, 4) is 11.3 Å². The van der Waals surface area contributed by atoms with Gasteiger partial charge in [-0.05, 0) is 31.0 Å². The van der Waals surface area contributed by atoms with Gasteiger partial charge in [-0.3, -0.25) is 0 Å². The standard InChI is InChI=1S/C14H14N2/c1-3-4-12-6-8-13(9-7-12)14-10-5-11(2)15-16-14/h3,5-10H,1,4H2,2H3. The van der Waals surface area contributed by atoms with Crippen LogP contribution >= 0.6 is 0 Å². The maximum absolute atomic E-state index is 4.15. The van der Waals surface area contributed by atoms with Crippen LogP contribution < -0.4 is 0 Å². The molecule has 0 atom stereocenters. The van der Waals surface area contributed by atoms with Crippen LogP contribution in [0.5, 0.6) is 0 Å². The van der Waals surface area contributed by atoms with Crippen molar-refractivity contribution in [1.29, 1.82) is 0 Å². The second-order valence-corrected chi connectivity index (χ2v) is 3.75. The van der Waals surface area contributed by atoms with Crippen molar-refractivity contribution in [3.05, 3.63) is 60.3 Å². The van der Waals surface area contributed by atoms with E-state index in [1.54, 1.807) is 0 Å². The number of benzene rings is 1. The van der Waals surface area contributed by atoms with Crippen LogP contribution in [0.25, 0.3) is 11.3 Å². The molecule has 0 aliphatic carbocycles. The highest BCUT2D eigenvalue weighted by molar-refractivity contribution is 5.58. The van der Waals surface area contributed by atoms with Gasteiger partial charge in [0.05, 0.1) is 11.4 Å². The summed E-state index contributed by atoms with van der Waals surface area (Å²) in [6, 6.07) is 12.3. The molecule has 1 aromatic heterocycles. The highest BCUT2D eigenvalue weighted by Crippen LogP contribution is 2.17. The van der Waals surface area contributed by atoms with Crippen LogP contribution in [-0.4, -0.2) is 10.2 Å². The number of aryl methyl sites for hydroxylation is 1. The van der Waals surface area contributed by atoms with Crippen LogP contribution in [-0.2, 0) is 6.42 Å². The van der Waals surface area contributed by atoms with Crippen molar-refractivity contribution in [1.82, 2.24) is 10.2 Å². The summed E-state index contributed by atoms with van der Waals surface area (Å²) in [7, 11) is 0. The molecule has 0 aliphatic heterocycles. The minimum atomic E-state index is 0.903. The van der Waals surface area contributed by atoms with E-state index in [1.165, 1.54) is 5.56 Å². The van der Waals surface area contributed by atoms with Gasteiger partial charge in [-0.25, -0.2) is 0 Å². The molecule has 2 nitrogen and oxygen atoms in total. The summed E-state index contributed by atoms with van der Waals surface area (Å²) in [5.74, 6) is 0. The molecule has 80 valence electrons. The van der Waals surface area contributed by atoms with Gasteiger partial charge in [0.15, 0.2) is 0 Å². The van der Waals surface area contributed by atoms with Crippen LogP contribution in [0.4, 0.5) is 0 Å². The summed E-state index contributed by atoms with van der Waals surface area (Å²) in [6.45, 7) is 5.66. The first-order valence-electron chi connectivity index (χ1n) is 5.30. The van der Waals surface area contributed by atoms with Crippen molar-refractivity contribution >= 4 is 0 Å². The number of hydrogen-bond acceptors (Lipinski definition) is 2. The van der Waals surface area contributed by atoms with E-state index in [4.69, 9.17) is 0 Å². The predicted octanol–water partition coefficient (Wildman–Crippen LogP) is 3.18. The average Bonchev–Trinajstić information content (AvgIpc) is 2.32. The molecule has 0 N–H and O–H groups in total. The lowest BCUT2D eigenvalue weighted by molar-refractivity contribution is 0.987. The van der Waals surface area contributed by atoms with Crippen molar-refractivity contribution in [3.63, 3.8) is 0 Å². The second-order valence-electron chi connectivity index (χ2n) is 3.75. The Morgan fingerprint density at radius 3 is 2.38 bits per heavy atom. The van der Waals surface area contributed by atoms with Gasteiger partial charge in [0.25, 0.3) is 0 Å². The molecule has 0 radical (unpaired) electrons. The Kier molecular flexibility index (Phi) is 3.10. The van der Waals surface area contributed by atoms with Gasteiger partial charge >= 0.3 is 0 Å². The molecule has 0 saturated carbocycles. The largest absolute Gasteiger partial charge is 0.155 e. The van der Waals surface area contributed by atoms with E-state index in [1.807, 2.05) is 25.1 Å². The Balaban J connectivity index is 2.27. The lowest BCUT2D eigenvalue weighted by atomic mass is 10.1. The van der Waals surface area contributed by atoms with E-state index in [0.29, 0.717) is 0 Å². The normalized spacial score (nSPS) is 10.1. The highest BCUT2D eigenvalue weighted by Gasteiger charge is 1.99. The van der Waals surface area contributed by atoms with Crippen molar-refractivity contribution in [2.75, 3.05) is 0 Å². The van der Waals surface area contributed by atoms with Gasteiger partial charge in [-0.2, -0.15) is 10.2 Å². The van der Waals surface area contributed by atoms with E-state index in [-0.39, 0.29) is 0 Å². The number of rotatable bonds is 3. The molecule has 0 fully saturated rings. The molecule has 0 bridgehead atoms. The highest BCUT2D eigenvalue weighted by atomic mass is 15.1. The topological polar surface area (TPSA) is 25.8 Å². The molecule has 2 aromatic rings. The summed E-state index contributed by atoms with van der Waals surface area (Å²) in [4.78, 5) is 0. The fourth-order valence-corrected chi connectivity index (χ4v) is 1.53. The summed E-state index contributed by atoms with van der Waals surface area (Å²) in [6.07, 6.45) is 2.81. The SMILES string of the molecule is C=CCc1ccc(-c2ccc(C)nn2)cc1. The molecule has 2 heteroatoms. The molecule has 2 rings (SSSR count). The maximum atomic E-state index is 4.15. The summed E-state index contributed by atoms with van der Waals surface area (Å²) in [5.41, 5.74) is 4.21. The Bertz CT molecular complexity index is 469.